The van der Waals surface area contributed by atoms with Crippen LogP contribution in [-0.4, -0.2) is 6.17 Å². The van der Waals surface area contributed by atoms with E-state index in [9.17, 15) is 0 Å². The van der Waals surface area contributed by atoms with Gasteiger partial charge in [-0.2, -0.15) is 0 Å². The molecular weight excluding hydrogens is 159 g/mol. The number of hydrogen-bond donors (Lipinski definition) is 2. The SMILES string of the molecule is NC1NC=C(Cl)C=C1Cl. The van der Waals surface area contributed by atoms with Crippen molar-refractivity contribution in [2.45, 2.75) is 6.17 Å². The van der Waals surface area contributed by atoms with E-state index in [0.717, 1.165) is 0 Å². The average molecular weight is 165 g/mol. The lowest BCUT2D eigenvalue weighted by Gasteiger charge is -2.14. The maximum atomic E-state index is 5.61. The fourth-order valence-electron chi connectivity index (χ4n) is 0.512. The zero-order chi connectivity index (χ0) is 6.85. The maximum absolute atomic E-state index is 5.61. The van der Waals surface area contributed by atoms with E-state index < -0.39 is 0 Å². The summed E-state index contributed by atoms with van der Waals surface area (Å²) in [6.07, 6.45) is 2.93. The summed E-state index contributed by atoms with van der Waals surface area (Å²) in [6, 6.07) is 0. The molecule has 0 saturated heterocycles. The van der Waals surface area contributed by atoms with E-state index in [1.807, 2.05) is 0 Å². The van der Waals surface area contributed by atoms with Crippen LogP contribution in [0.5, 0.6) is 0 Å². The third-order valence-electron chi connectivity index (χ3n) is 0.974. The molecule has 1 atom stereocenters. The summed E-state index contributed by atoms with van der Waals surface area (Å²) in [7, 11) is 0. The van der Waals surface area contributed by atoms with Gasteiger partial charge in [0.15, 0.2) is 0 Å². The highest BCUT2D eigenvalue weighted by atomic mass is 35.5. The number of nitrogens with one attached hydrogen (secondary N) is 1. The van der Waals surface area contributed by atoms with Gasteiger partial charge in [-0.1, -0.05) is 23.2 Å². The highest BCUT2D eigenvalue weighted by Gasteiger charge is 2.08. The molecule has 0 bridgehead atoms. The lowest BCUT2D eigenvalue weighted by molar-refractivity contribution is 0.713. The minimum absolute atomic E-state index is 0.297. The van der Waals surface area contributed by atoms with Crippen molar-refractivity contribution in [2.75, 3.05) is 0 Å². The van der Waals surface area contributed by atoms with Crippen LogP contribution in [0.25, 0.3) is 0 Å². The van der Waals surface area contributed by atoms with Crippen LogP contribution in [-0.2, 0) is 0 Å². The van der Waals surface area contributed by atoms with Gasteiger partial charge >= 0.3 is 0 Å². The van der Waals surface area contributed by atoms with Crippen molar-refractivity contribution in [2.24, 2.45) is 5.73 Å². The molecule has 0 aromatic heterocycles. The Morgan fingerprint density at radius 3 is 2.67 bits per heavy atom. The van der Waals surface area contributed by atoms with Gasteiger partial charge in [-0.3, -0.25) is 0 Å². The van der Waals surface area contributed by atoms with Gasteiger partial charge in [-0.05, 0) is 6.08 Å². The van der Waals surface area contributed by atoms with Gasteiger partial charge < -0.3 is 11.1 Å². The summed E-state index contributed by atoms with van der Waals surface area (Å²) < 4.78 is 0. The van der Waals surface area contributed by atoms with Crippen molar-refractivity contribution in [1.82, 2.24) is 5.32 Å². The van der Waals surface area contributed by atoms with Crippen molar-refractivity contribution >= 4 is 23.2 Å². The Morgan fingerprint density at radius 1 is 1.56 bits per heavy atom. The zero-order valence-electron chi connectivity index (χ0n) is 4.57. The minimum atomic E-state index is -0.297. The smallest absolute Gasteiger partial charge is 0.111 e. The van der Waals surface area contributed by atoms with Crippen LogP contribution in [0.4, 0.5) is 0 Å². The van der Waals surface area contributed by atoms with Crippen LogP contribution in [0.1, 0.15) is 0 Å². The lowest BCUT2D eigenvalue weighted by atomic mass is 10.3. The number of rotatable bonds is 0. The zero-order valence-corrected chi connectivity index (χ0v) is 6.08. The monoisotopic (exact) mass is 164 g/mol. The van der Waals surface area contributed by atoms with Crippen molar-refractivity contribution in [1.29, 1.82) is 0 Å². The Hall–Kier alpha value is -0.180. The minimum Gasteiger partial charge on any atom is -0.370 e. The van der Waals surface area contributed by atoms with Crippen LogP contribution in [0.3, 0.4) is 0 Å². The summed E-state index contributed by atoms with van der Waals surface area (Å²) in [6.45, 7) is 0. The molecule has 0 aliphatic carbocycles. The summed E-state index contributed by atoms with van der Waals surface area (Å²) in [4.78, 5) is 0. The fraction of sp³-hybridized carbons (Fsp3) is 0.200. The van der Waals surface area contributed by atoms with Crippen molar-refractivity contribution in [3.63, 3.8) is 0 Å². The molecule has 0 radical (unpaired) electrons. The molecule has 1 aliphatic heterocycles. The van der Waals surface area contributed by atoms with Crippen LogP contribution in [0, 0.1) is 0 Å². The average Bonchev–Trinajstić information content (AvgIpc) is 1.80. The quantitative estimate of drug-likeness (QED) is 0.563. The molecule has 0 amide bonds. The van der Waals surface area contributed by atoms with Gasteiger partial charge in [0.25, 0.3) is 0 Å². The van der Waals surface area contributed by atoms with Crippen LogP contribution in [0.2, 0.25) is 0 Å². The molecule has 1 heterocycles. The molecular formula is C5H6Cl2N2. The van der Waals surface area contributed by atoms with E-state index in [0.29, 0.717) is 10.1 Å². The van der Waals surface area contributed by atoms with Gasteiger partial charge in [0, 0.05) is 6.20 Å². The molecule has 50 valence electrons. The first-order valence-corrected chi connectivity index (χ1v) is 3.20. The fourth-order valence-corrected chi connectivity index (χ4v) is 0.929. The molecule has 0 aromatic rings. The van der Waals surface area contributed by atoms with Gasteiger partial charge in [-0.15, -0.1) is 0 Å². The molecule has 1 rings (SSSR count). The Balaban J connectivity index is 2.74. The third kappa shape index (κ3) is 1.61. The third-order valence-corrected chi connectivity index (χ3v) is 1.54. The molecule has 0 aromatic carbocycles. The van der Waals surface area contributed by atoms with Crippen LogP contribution in [0.15, 0.2) is 22.3 Å². The van der Waals surface area contributed by atoms with Crippen molar-refractivity contribution < 1.29 is 0 Å². The van der Waals surface area contributed by atoms with E-state index in [4.69, 9.17) is 28.9 Å². The second-order valence-corrected chi connectivity index (χ2v) is 2.58. The maximum Gasteiger partial charge on any atom is 0.111 e. The van der Waals surface area contributed by atoms with E-state index in [-0.39, 0.29) is 6.17 Å². The molecule has 1 unspecified atom stereocenters. The summed E-state index contributed by atoms with van der Waals surface area (Å²) in [5.41, 5.74) is 5.43. The normalized spacial score (nSPS) is 26.3. The number of nitrogens with two attached hydrogens (primary N) is 1. The Morgan fingerprint density at radius 2 is 2.22 bits per heavy atom. The van der Waals surface area contributed by atoms with Crippen molar-refractivity contribution in [3.05, 3.63) is 22.3 Å². The van der Waals surface area contributed by atoms with E-state index >= 15 is 0 Å². The second-order valence-electron chi connectivity index (χ2n) is 1.70. The summed E-state index contributed by atoms with van der Waals surface area (Å²) in [5, 5.41) is 3.87. The molecule has 0 saturated carbocycles. The largest absolute Gasteiger partial charge is 0.370 e. The molecule has 9 heavy (non-hydrogen) atoms. The molecule has 1 aliphatic rings. The van der Waals surface area contributed by atoms with Gasteiger partial charge in [0.1, 0.15) is 6.17 Å². The first-order valence-electron chi connectivity index (χ1n) is 2.44. The van der Waals surface area contributed by atoms with Crippen molar-refractivity contribution in [3.8, 4) is 0 Å². The highest BCUT2D eigenvalue weighted by Crippen LogP contribution is 2.15. The Kier molecular flexibility index (Phi) is 2.01. The number of dihydropyridines is 1. The first kappa shape index (κ1) is 6.93. The topological polar surface area (TPSA) is 38.0 Å². The van der Waals surface area contributed by atoms with E-state index in [1.54, 1.807) is 12.3 Å². The van der Waals surface area contributed by atoms with Gasteiger partial charge in [0.05, 0.1) is 10.1 Å². The lowest BCUT2D eigenvalue weighted by Crippen LogP contribution is -2.35. The van der Waals surface area contributed by atoms with E-state index in [2.05, 4.69) is 5.32 Å². The van der Waals surface area contributed by atoms with Gasteiger partial charge in [-0.25, -0.2) is 0 Å². The Bertz CT molecular complexity index is 174. The van der Waals surface area contributed by atoms with Crippen LogP contribution < -0.4 is 11.1 Å². The summed E-state index contributed by atoms with van der Waals surface area (Å²) in [5.74, 6) is 0. The molecule has 3 N–H and O–H groups in total. The molecule has 0 spiro atoms. The Labute approximate surface area is 63.3 Å². The van der Waals surface area contributed by atoms with E-state index in [1.165, 1.54) is 0 Å². The van der Waals surface area contributed by atoms with Gasteiger partial charge in [0.2, 0.25) is 0 Å². The standard InChI is InChI=1S/C5H6Cl2N2/c6-3-1-4(7)5(8)9-2-3/h1-2,5,9H,8H2. The molecule has 2 nitrogen and oxygen atoms in total. The number of hydrogen-bond acceptors (Lipinski definition) is 2. The first-order chi connectivity index (χ1) is 4.20. The highest BCUT2D eigenvalue weighted by molar-refractivity contribution is 6.35. The summed E-state index contributed by atoms with van der Waals surface area (Å²) >= 11 is 11.2. The second kappa shape index (κ2) is 2.60. The molecule has 0 fully saturated rings. The number of allylic oxidation sites excluding steroid dienone is 2. The predicted octanol–water partition coefficient (Wildman–Crippen LogP) is 1.08. The van der Waals surface area contributed by atoms with Crippen LogP contribution >= 0.6 is 23.2 Å². The predicted molar refractivity (Wildman–Crippen MR) is 39.0 cm³/mol. The number of halogens is 2. The molecule has 4 heteroatoms.